The van der Waals surface area contributed by atoms with Crippen LogP contribution in [0.2, 0.25) is 0 Å². The standard InChI is InChI=1S/C11H10BrNO2/c1-13-6-10(12)9-5-7(15-2)3-4-8(9)11(13)14/h3-6H,1-2H3. The molecule has 1 aromatic carbocycles. The van der Waals surface area contributed by atoms with Crippen LogP contribution in [-0.2, 0) is 7.05 Å². The Labute approximate surface area is 95.4 Å². The SMILES string of the molecule is COc1ccc2c(=O)n(C)cc(Br)c2c1. The number of halogens is 1. The molecule has 0 amide bonds. The lowest BCUT2D eigenvalue weighted by atomic mass is 10.1. The average molecular weight is 268 g/mol. The van der Waals surface area contributed by atoms with Crippen molar-refractivity contribution in [3.05, 3.63) is 39.2 Å². The molecule has 3 nitrogen and oxygen atoms in total. The van der Waals surface area contributed by atoms with Gasteiger partial charge in [0.05, 0.1) is 7.11 Å². The highest BCUT2D eigenvalue weighted by atomic mass is 79.9. The normalized spacial score (nSPS) is 10.6. The minimum atomic E-state index is -0.00384. The molecule has 0 fully saturated rings. The van der Waals surface area contributed by atoms with Gasteiger partial charge in [-0.3, -0.25) is 4.79 Å². The summed E-state index contributed by atoms with van der Waals surface area (Å²) in [5.41, 5.74) is -0.00384. The summed E-state index contributed by atoms with van der Waals surface area (Å²) in [7, 11) is 3.34. The Morgan fingerprint density at radius 3 is 2.73 bits per heavy atom. The fourth-order valence-electron chi connectivity index (χ4n) is 1.52. The molecule has 0 radical (unpaired) electrons. The van der Waals surface area contributed by atoms with Gasteiger partial charge in [-0.2, -0.15) is 0 Å². The number of aryl methyl sites for hydroxylation is 1. The number of hydrogen-bond acceptors (Lipinski definition) is 2. The maximum Gasteiger partial charge on any atom is 0.258 e. The lowest BCUT2D eigenvalue weighted by molar-refractivity contribution is 0.415. The third kappa shape index (κ3) is 1.65. The topological polar surface area (TPSA) is 31.2 Å². The average Bonchev–Trinajstić information content (AvgIpc) is 2.25. The number of ether oxygens (including phenoxy) is 1. The van der Waals surface area contributed by atoms with Gasteiger partial charge in [0.2, 0.25) is 0 Å². The predicted octanol–water partition coefficient (Wildman–Crippen LogP) is 2.31. The van der Waals surface area contributed by atoms with Gasteiger partial charge in [0.25, 0.3) is 5.56 Å². The zero-order chi connectivity index (χ0) is 11.0. The van der Waals surface area contributed by atoms with Crippen LogP contribution in [0, 0.1) is 0 Å². The molecule has 2 rings (SSSR count). The molecular weight excluding hydrogens is 258 g/mol. The Bertz CT molecular complexity index is 575. The fraction of sp³-hybridized carbons (Fsp3) is 0.182. The molecule has 0 aliphatic rings. The number of hydrogen-bond donors (Lipinski definition) is 0. The maximum atomic E-state index is 11.8. The molecule has 0 saturated carbocycles. The van der Waals surface area contributed by atoms with Crippen LogP contribution < -0.4 is 10.3 Å². The van der Waals surface area contributed by atoms with E-state index in [4.69, 9.17) is 4.74 Å². The van der Waals surface area contributed by atoms with Gasteiger partial charge in [0.15, 0.2) is 0 Å². The molecular formula is C11H10BrNO2. The smallest absolute Gasteiger partial charge is 0.258 e. The monoisotopic (exact) mass is 267 g/mol. The van der Waals surface area contributed by atoms with Crippen LogP contribution in [0.4, 0.5) is 0 Å². The summed E-state index contributed by atoms with van der Waals surface area (Å²) in [5, 5.41) is 1.56. The molecule has 78 valence electrons. The van der Waals surface area contributed by atoms with E-state index in [9.17, 15) is 4.79 Å². The van der Waals surface area contributed by atoms with Crippen molar-refractivity contribution in [2.24, 2.45) is 7.05 Å². The minimum absolute atomic E-state index is 0.00384. The van der Waals surface area contributed by atoms with E-state index in [1.165, 1.54) is 0 Å². The largest absolute Gasteiger partial charge is 0.497 e. The van der Waals surface area contributed by atoms with E-state index in [1.807, 2.05) is 6.07 Å². The van der Waals surface area contributed by atoms with Gasteiger partial charge < -0.3 is 9.30 Å². The molecule has 0 bridgehead atoms. The van der Waals surface area contributed by atoms with Gasteiger partial charge >= 0.3 is 0 Å². The van der Waals surface area contributed by atoms with E-state index < -0.39 is 0 Å². The Morgan fingerprint density at radius 2 is 2.07 bits per heavy atom. The zero-order valence-electron chi connectivity index (χ0n) is 8.45. The Balaban J connectivity index is 2.90. The maximum absolute atomic E-state index is 11.8. The number of rotatable bonds is 1. The van der Waals surface area contributed by atoms with E-state index in [2.05, 4.69) is 15.9 Å². The highest BCUT2D eigenvalue weighted by Crippen LogP contribution is 2.24. The van der Waals surface area contributed by atoms with E-state index in [0.29, 0.717) is 5.39 Å². The van der Waals surface area contributed by atoms with E-state index in [1.54, 1.807) is 37.1 Å². The molecule has 0 saturated heterocycles. The van der Waals surface area contributed by atoms with Gasteiger partial charge in [-0.25, -0.2) is 0 Å². The Kier molecular flexibility index (Phi) is 2.52. The molecule has 1 aromatic heterocycles. The third-order valence-electron chi connectivity index (χ3n) is 2.34. The second-order valence-corrected chi connectivity index (χ2v) is 4.16. The molecule has 0 atom stereocenters. The van der Waals surface area contributed by atoms with Crippen molar-refractivity contribution in [2.75, 3.05) is 7.11 Å². The fourth-order valence-corrected chi connectivity index (χ4v) is 2.16. The Hall–Kier alpha value is -1.29. The molecule has 0 aliphatic heterocycles. The summed E-state index contributed by atoms with van der Waals surface area (Å²) < 4.78 is 7.56. The number of benzene rings is 1. The number of nitrogens with zero attached hydrogens (tertiary/aromatic N) is 1. The highest BCUT2D eigenvalue weighted by molar-refractivity contribution is 9.10. The molecule has 0 aliphatic carbocycles. The van der Waals surface area contributed by atoms with Crippen LogP contribution in [0.15, 0.2) is 33.7 Å². The van der Waals surface area contributed by atoms with Crippen LogP contribution in [0.5, 0.6) is 5.75 Å². The van der Waals surface area contributed by atoms with Crippen LogP contribution in [0.25, 0.3) is 10.8 Å². The number of methoxy groups -OCH3 is 1. The quantitative estimate of drug-likeness (QED) is 0.794. The van der Waals surface area contributed by atoms with Gasteiger partial charge in [0.1, 0.15) is 5.75 Å². The summed E-state index contributed by atoms with van der Waals surface area (Å²) in [5.74, 6) is 0.747. The predicted molar refractivity (Wildman–Crippen MR) is 63.4 cm³/mol. The van der Waals surface area contributed by atoms with Crippen molar-refractivity contribution in [2.45, 2.75) is 0 Å². The molecule has 1 heterocycles. The van der Waals surface area contributed by atoms with E-state index >= 15 is 0 Å². The molecule has 0 spiro atoms. The van der Waals surface area contributed by atoms with Crippen molar-refractivity contribution in [1.29, 1.82) is 0 Å². The second-order valence-electron chi connectivity index (χ2n) is 3.30. The summed E-state index contributed by atoms with van der Waals surface area (Å²) in [6.07, 6.45) is 1.75. The Morgan fingerprint density at radius 1 is 1.33 bits per heavy atom. The van der Waals surface area contributed by atoms with Crippen molar-refractivity contribution in [1.82, 2.24) is 4.57 Å². The molecule has 15 heavy (non-hydrogen) atoms. The summed E-state index contributed by atoms with van der Waals surface area (Å²) in [6, 6.07) is 5.41. The van der Waals surface area contributed by atoms with Crippen molar-refractivity contribution in [3.63, 3.8) is 0 Å². The van der Waals surface area contributed by atoms with Crippen molar-refractivity contribution < 1.29 is 4.74 Å². The van der Waals surface area contributed by atoms with Gasteiger partial charge in [-0.1, -0.05) is 0 Å². The zero-order valence-corrected chi connectivity index (χ0v) is 10.0. The van der Waals surface area contributed by atoms with Crippen LogP contribution in [0.1, 0.15) is 0 Å². The summed E-state index contributed by atoms with van der Waals surface area (Å²) >= 11 is 3.43. The molecule has 2 aromatic rings. The lowest BCUT2D eigenvalue weighted by Crippen LogP contribution is -2.15. The molecule has 4 heteroatoms. The second kappa shape index (κ2) is 3.70. The van der Waals surface area contributed by atoms with Gasteiger partial charge in [0, 0.05) is 28.5 Å². The number of pyridine rings is 1. The first-order valence-electron chi connectivity index (χ1n) is 4.46. The van der Waals surface area contributed by atoms with E-state index in [-0.39, 0.29) is 5.56 Å². The van der Waals surface area contributed by atoms with Crippen LogP contribution in [-0.4, -0.2) is 11.7 Å². The van der Waals surface area contributed by atoms with Gasteiger partial charge in [-0.15, -0.1) is 0 Å². The first kappa shape index (κ1) is 10.2. The number of fused-ring (bicyclic) bond motifs is 1. The highest BCUT2D eigenvalue weighted by Gasteiger charge is 2.05. The first-order valence-corrected chi connectivity index (χ1v) is 5.25. The summed E-state index contributed by atoms with van der Waals surface area (Å²) in [4.78, 5) is 11.8. The first-order chi connectivity index (χ1) is 7.13. The lowest BCUT2D eigenvalue weighted by Gasteiger charge is -2.06. The third-order valence-corrected chi connectivity index (χ3v) is 2.97. The van der Waals surface area contributed by atoms with Crippen LogP contribution >= 0.6 is 15.9 Å². The number of aromatic nitrogens is 1. The molecule has 0 N–H and O–H groups in total. The van der Waals surface area contributed by atoms with Crippen molar-refractivity contribution in [3.8, 4) is 5.75 Å². The van der Waals surface area contributed by atoms with Gasteiger partial charge in [-0.05, 0) is 34.1 Å². The van der Waals surface area contributed by atoms with Crippen LogP contribution in [0.3, 0.4) is 0 Å². The minimum Gasteiger partial charge on any atom is -0.497 e. The van der Waals surface area contributed by atoms with Crippen molar-refractivity contribution >= 4 is 26.7 Å². The molecule has 0 unspecified atom stereocenters. The van der Waals surface area contributed by atoms with E-state index in [0.717, 1.165) is 15.6 Å². The summed E-state index contributed by atoms with van der Waals surface area (Å²) in [6.45, 7) is 0.